The Bertz CT molecular complexity index is 750. The largest absolute Gasteiger partial charge is 0.364 e. The van der Waals surface area contributed by atoms with E-state index in [4.69, 9.17) is 5.73 Å². The third kappa shape index (κ3) is 2.94. The van der Waals surface area contributed by atoms with Crippen molar-refractivity contribution in [3.05, 3.63) is 66.5 Å². The normalized spacial score (nSPS) is 10.5. The van der Waals surface area contributed by atoms with Crippen LogP contribution in [0.1, 0.15) is 16.1 Å². The lowest BCUT2D eigenvalue weighted by Crippen LogP contribution is -2.13. The van der Waals surface area contributed by atoms with Gasteiger partial charge in [0.15, 0.2) is 5.82 Å². The molecule has 0 bridgehead atoms. The van der Waals surface area contributed by atoms with Crippen LogP contribution in [0.15, 0.2) is 55.2 Å². The van der Waals surface area contributed by atoms with E-state index in [2.05, 4.69) is 15.0 Å². The summed E-state index contributed by atoms with van der Waals surface area (Å²) in [6.07, 6.45) is 6.96. The van der Waals surface area contributed by atoms with Crippen molar-refractivity contribution >= 4 is 5.91 Å². The summed E-state index contributed by atoms with van der Waals surface area (Å²) in [6, 6.07) is 9.34. The molecule has 0 unspecified atom stereocenters. The summed E-state index contributed by atoms with van der Waals surface area (Å²) in [6.45, 7) is 0.752. The highest BCUT2D eigenvalue weighted by molar-refractivity contribution is 5.91. The number of imidazole rings is 1. The number of amides is 1. The number of aromatic nitrogens is 4. The number of carbonyl (C=O) groups is 1. The third-order valence-electron chi connectivity index (χ3n) is 3.04. The number of nitrogens with two attached hydrogens (primary N) is 1. The molecule has 1 amide bonds. The second-order valence-electron chi connectivity index (χ2n) is 4.56. The molecule has 6 nitrogen and oxygen atoms in total. The number of rotatable bonds is 4. The smallest absolute Gasteiger partial charge is 0.267 e. The first-order valence-electron chi connectivity index (χ1n) is 6.40. The van der Waals surface area contributed by atoms with E-state index in [1.807, 2.05) is 35.0 Å². The van der Waals surface area contributed by atoms with E-state index in [0.717, 1.165) is 17.7 Å². The maximum absolute atomic E-state index is 11.1. The van der Waals surface area contributed by atoms with Crippen LogP contribution in [-0.4, -0.2) is 25.4 Å². The van der Waals surface area contributed by atoms with E-state index in [9.17, 15) is 4.79 Å². The number of hydrogen-bond donors (Lipinski definition) is 1. The summed E-state index contributed by atoms with van der Waals surface area (Å²) in [7, 11) is 0. The lowest BCUT2D eigenvalue weighted by atomic mass is 10.1. The second kappa shape index (κ2) is 5.54. The van der Waals surface area contributed by atoms with E-state index in [1.54, 1.807) is 12.5 Å². The average Bonchev–Trinajstić information content (AvgIpc) is 3.01. The number of benzene rings is 1. The van der Waals surface area contributed by atoms with E-state index < -0.39 is 5.91 Å². The summed E-state index contributed by atoms with van der Waals surface area (Å²) < 4.78 is 1.99. The van der Waals surface area contributed by atoms with Gasteiger partial charge in [0.1, 0.15) is 5.69 Å². The summed E-state index contributed by atoms with van der Waals surface area (Å²) in [5.74, 6) is -0.0733. The minimum absolute atomic E-state index is 0.211. The second-order valence-corrected chi connectivity index (χ2v) is 4.56. The van der Waals surface area contributed by atoms with Crippen molar-refractivity contribution in [1.29, 1.82) is 0 Å². The van der Waals surface area contributed by atoms with Crippen molar-refractivity contribution in [2.45, 2.75) is 6.54 Å². The summed E-state index contributed by atoms with van der Waals surface area (Å²) >= 11 is 0. The van der Waals surface area contributed by atoms with Crippen LogP contribution in [0.25, 0.3) is 11.4 Å². The maximum Gasteiger partial charge on any atom is 0.267 e. The molecule has 3 aromatic rings. The van der Waals surface area contributed by atoms with Gasteiger partial charge in [-0.15, -0.1) is 0 Å². The van der Waals surface area contributed by atoms with Crippen LogP contribution in [0, 0.1) is 0 Å². The van der Waals surface area contributed by atoms with Gasteiger partial charge >= 0.3 is 0 Å². The van der Waals surface area contributed by atoms with Gasteiger partial charge in [0, 0.05) is 30.7 Å². The number of carbonyl (C=O) groups excluding carboxylic acids is 1. The molecule has 0 aliphatic heterocycles. The Morgan fingerprint density at radius 3 is 2.62 bits per heavy atom. The van der Waals surface area contributed by atoms with Crippen LogP contribution in [0.5, 0.6) is 0 Å². The van der Waals surface area contributed by atoms with Crippen LogP contribution in [0.4, 0.5) is 0 Å². The fourth-order valence-electron chi connectivity index (χ4n) is 1.99. The Labute approximate surface area is 121 Å². The zero-order valence-corrected chi connectivity index (χ0v) is 11.2. The topological polar surface area (TPSA) is 86.7 Å². The quantitative estimate of drug-likeness (QED) is 0.783. The third-order valence-corrected chi connectivity index (χ3v) is 3.04. The first kappa shape index (κ1) is 13.0. The van der Waals surface area contributed by atoms with Gasteiger partial charge in [0.25, 0.3) is 5.91 Å². The molecule has 0 fully saturated rings. The van der Waals surface area contributed by atoms with Crippen molar-refractivity contribution < 1.29 is 4.79 Å². The van der Waals surface area contributed by atoms with Gasteiger partial charge in [-0.3, -0.25) is 4.79 Å². The minimum atomic E-state index is -0.560. The van der Waals surface area contributed by atoms with Crippen molar-refractivity contribution in [2.75, 3.05) is 0 Å². The predicted octanol–water partition coefficient (Wildman–Crippen LogP) is 1.49. The zero-order chi connectivity index (χ0) is 14.7. The van der Waals surface area contributed by atoms with Crippen LogP contribution in [0.2, 0.25) is 0 Å². The van der Waals surface area contributed by atoms with Gasteiger partial charge in [0.05, 0.1) is 6.33 Å². The predicted molar refractivity (Wildman–Crippen MR) is 77.3 cm³/mol. The highest BCUT2D eigenvalue weighted by Crippen LogP contribution is 2.16. The molecule has 6 heteroatoms. The number of nitrogens with zero attached hydrogens (tertiary/aromatic N) is 4. The van der Waals surface area contributed by atoms with Gasteiger partial charge in [-0.2, -0.15) is 0 Å². The average molecular weight is 279 g/mol. The van der Waals surface area contributed by atoms with E-state index in [0.29, 0.717) is 5.82 Å². The Hall–Kier alpha value is -3.02. The van der Waals surface area contributed by atoms with Crippen molar-refractivity contribution in [1.82, 2.24) is 19.5 Å². The Kier molecular flexibility index (Phi) is 3.42. The summed E-state index contributed by atoms with van der Waals surface area (Å²) in [5.41, 5.74) is 7.42. The molecule has 0 saturated heterocycles. The zero-order valence-electron chi connectivity index (χ0n) is 11.2. The lowest BCUT2D eigenvalue weighted by Gasteiger charge is -2.05. The van der Waals surface area contributed by atoms with E-state index in [-0.39, 0.29) is 5.69 Å². The molecule has 0 radical (unpaired) electrons. The molecular weight excluding hydrogens is 266 g/mol. The molecule has 0 saturated carbocycles. The highest BCUT2D eigenvalue weighted by atomic mass is 16.1. The van der Waals surface area contributed by atoms with Crippen molar-refractivity contribution in [2.24, 2.45) is 5.73 Å². The Balaban J connectivity index is 1.83. The molecule has 2 N–H and O–H groups in total. The molecule has 0 atom stereocenters. The molecular formula is C15H13N5O. The molecule has 0 aliphatic carbocycles. The Morgan fingerprint density at radius 1 is 1.14 bits per heavy atom. The summed E-state index contributed by atoms with van der Waals surface area (Å²) in [4.78, 5) is 23.5. The van der Waals surface area contributed by atoms with E-state index in [1.165, 1.54) is 12.3 Å². The summed E-state index contributed by atoms with van der Waals surface area (Å²) in [5, 5.41) is 0. The standard InChI is InChI=1S/C15H13N5O/c16-14(21)13-5-6-18-15(19-13)12-3-1-11(2-4-12)9-20-8-7-17-10-20/h1-8,10H,9H2,(H2,16,21). The van der Waals surface area contributed by atoms with Gasteiger partial charge in [-0.1, -0.05) is 24.3 Å². The van der Waals surface area contributed by atoms with E-state index >= 15 is 0 Å². The molecule has 0 aliphatic rings. The monoisotopic (exact) mass is 279 g/mol. The molecule has 2 aromatic heterocycles. The molecule has 21 heavy (non-hydrogen) atoms. The van der Waals surface area contributed by atoms with Crippen LogP contribution in [0.3, 0.4) is 0 Å². The van der Waals surface area contributed by atoms with Gasteiger partial charge in [-0.05, 0) is 11.6 Å². The van der Waals surface area contributed by atoms with Gasteiger partial charge in [0.2, 0.25) is 0 Å². The first-order chi connectivity index (χ1) is 10.2. The molecule has 2 heterocycles. The first-order valence-corrected chi connectivity index (χ1v) is 6.40. The fraction of sp³-hybridized carbons (Fsp3) is 0.0667. The van der Waals surface area contributed by atoms with Crippen molar-refractivity contribution in [3.63, 3.8) is 0 Å². The molecule has 104 valence electrons. The van der Waals surface area contributed by atoms with Gasteiger partial charge in [-0.25, -0.2) is 15.0 Å². The molecule has 3 rings (SSSR count). The minimum Gasteiger partial charge on any atom is -0.364 e. The highest BCUT2D eigenvalue weighted by Gasteiger charge is 2.06. The van der Waals surface area contributed by atoms with Gasteiger partial charge < -0.3 is 10.3 Å². The van der Waals surface area contributed by atoms with Crippen LogP contribution >= 0.6 is 0 Å². The van der Waals surface area contributed by atoms with Crippen LogP contribution in [-0.2, 0) is 6.54 Å². The number of primary amides is 1. The van der Waals surface area contributed by atoms with Crippen molar-refractivity contribution in [3.8, 4) is 11.4 Å². The van der Waals surface area contributed by atoms with Crippen LogP contribution < -0.4 is 5.73 Å². The maximum atomic E-state index is 11.1. The number of hydrogen-bond acceptors (Lipinski definition) is 4. The molecule has 1 aromatic carbocycles. The SMILES string of the molecule is NC(=O)c1ccnc(-c2ccc(Cn3ccnc3)cc2)n1. The molecule has 0 spiro atoms. The lowest BCUT2D eigenvalue weighted by molar-refractivity contribution is 0.0995. The fourth-order valence-corrected chi connectivity index (χ4v) is 1.99. The Morgan fingerprint density at radius 2 is 1.95 bits per heavy atom.